The molecule has 1 unspecified atom stereocenters. The molecule has 0 aliphatic heterocycles. The average molecular weight is 304 g/mol. The Morgan fingerprint density at radius 3 is 2.05 bits per heavy atom. The van der Waals surface area contributed by atoms with Gasteiger partial charge in [0.15, 0.2) is 0 Å². The third-order valence-electron chi connectivity index (χ3n) is 4.18. The number of hydrogen-bond donors (Lipinski definition) is 0. The Kier molecular flexibility index (Phi) is 7.43. The van der Waals surface area contributed by atoms with Gasteiger partial charge in [-0.15, -0.1) is 0 Å². The zero-order valence-electron chi connectivity index (χ0n) is 14.8. The number of fused-ring (bicyclic) bond motifs is 1. The molecule has 3 heteroatoms. The molecule has 0 aliphatic carbocycles. The van der Waals surface area contributed by atoms with E-state index in [2.05, 4.69) is 31.0 Å². The van der Waals surface area contributed by atoms with Gasteiger partial charge in [-0.25, -0.2) is 4.39 Å². The van der Waals surface area contributed by atoms with Crippen molar-refractivity contribution in [1.82, 2.24) is 10.2 Å². The Morgan fingerprint density at radius 1 is 1.00 bits per heavy atom. The molecule has 0 radical (unpaired) electrons. The second-order valence-corrected chi connectivity index (χ2v) is 6.17. The first-order valence-corrected chi connectivity index (χ1v) is 8.30. The molecule has 2 nitrogen and oxygen atoms in total. The van der Waals surface area contributed by atoms with Crippen molar-refractivity contribution in [3.63, 3.8) is 0 Å². The summed E-state index contributed by atoms with van der Waals surface area (Å²) in [7, 11) is 0. The van der Waals surface area contributed by atoms with Gasteiger partial charge < -0.3 is 0 Å². The Hall–Kier alpha value is -1.51. The van der Waals surface area contributed by atoms with Gasteiger partial charge in [-0.2, -0.15) is 10.2 Å². The number of unbranched alkanes of at least 4 members (excludes halogenated alkanes) is 1. The van der Waals surface area contributed by atoms with Crippen molar-refractivity contribution in [2.45, 2.75) is 67.2 Å². The molecule has 0 saturated heterocycles. The fourth-order valence-electron chi connectivity index (χ4n) is 2.29. The molecule has 1 atom stereocenters. The van der Waals surface area contributed by atoms with Crippen LogP contribution in [0.3, 0.4) is 0 Å². The van der Waals surface area contributed by atoms with Crippen LogP contribution < -0.4 is 0 Å². The number of aromatic nitrogens is 2. The molecule has 1 heterocycles. The average Bonchev–Trinajstić information content (AvgIpc) is 2.51. The molecule has 0 amide bonds. The van der Waals surface area contributed by atoms with Crippen LogP contribution in [0, 0.1) is 32.5 Å². The molecule has 0 aliphatic rings. The van der Waals surface area contributed by atoms with Gasteiger partial charge >= 0.3 is 0 Å². The summed E-state index contributed by atoms with van der Waals surface area (Å²) in [4.78, 5) is 0. The van der Waals surface area contributed by atoms with Crippen LogP contribution in [0.1, 0.15) is 63.4 Å². The van der Waals surface area contributed by atoms with Crippen LogP contribution in [0.4, 0.5) is 4.39 Å². The first-order valence-electron chi connectivity index (χ1n) is 8.30. The zero-order valence-corrected chi connectivity index (χ0v) is 14.8. The third-order valence-corrected chi connectivity index (χ3v) is 4.18. The van der Waals surface area contributed by atoms with Gasteiger partial charge in [-0.05, 0) is 44.4 Å². The number of nitrogens with zero attached hydrogens (tertiary/aromatic N) is 2. The number of hydrogen-bond acceptors (Lipinski definition) is 2. The highest BCUT2D eigenvalue weighted by Gasteiger charge is 2.06. The fraction of sp³-hybridized carbons (Fsp3) is 0.579. The predicted molar refractivity (Wildman–Crippen MR) is 92.7 cm³/mol. The Bertz CT molecular complexity index is 561. The van der Waals surface area contributed by atoms with E-state index >= 15 is 0 Å². The maximum Gasteiger partial charge on any atom is 0.126 e. The highest BCUT2D eigenvalue weighted by atomic mass is 19.1. The third kappa shape index (κ3) is 5.04. The molecule has 0 N–H and O–H groups in total. The number of rotatable bonds is 4. The highest BCUT2D eigenvalue weighted by molar-refractivity contribution is 5.86. The van der Waals surface area contributed by atoms with E-state index in [0.717, 1.165) is 28.1 Å². The Labute approximate surface area is 134 Å². The number of aryl methyl sites for hydroxylation is 3. The van der Waals surface area contributed by atoms with Gasteiger partial charge in [0, 0.05) is 10.8 Å². The lowest BCUT2D eigenvalue weighted by atomic mass is 10.0. The van der Waals surface area contributed by atoms with Crippen molar-refractivity contribution >= 4 is 10.8 Å². The minimum Gasteiger partial charge on any atom is -0.207 e. The maximum absolute atomic E-state index is 13.3. The standard InChI is InChI=1S/C11H11FN2.C8H18/c1-6-4-9-7(2)13-14-8(3)10(9)5-11(6)12;1-4-6-7-8(3)5-2/h4-5H,1-3H3;8H,4-7H2,1-3H3. The lowest BCUT2D eigenvalue weighted by molar-refractivity contribution is 0.492. The lowest BCUT2D eigenvalue weighted by Crippen LogP contribution is -1.95. The van der Waals surface area contributed by atoms with Crippen molar-refractivity contribution in [3.8, 4) is 0 Å². The molecule has 0 saturated carbocycles. The zero-order chi connectivity index (χ0) is 16.7. The van der Waals surface area contributed by atoms with Crippen molar-refractivity contribution in [3.05, 3.63) is 34.9 Å². The second-order valence-electron chi connectivity index (χ2n) is 6.17. The molecule has 2 rings (SSSR count). The molecule has 0 bridgehead atoms. The van der Waals surface area contributed by atoms with E-state index < -0.39 is 0 Å². The summed E-state index contributed by atoms with van der Waals surface area (Å²) >= 11 is 0. The molecule has 2 aromatic rings. The van der Waals surface area contributed by atoms with Crippen LogP contribution in [0.5, 0.6) is 0 Å². The maximum atomic E-state index is 13.3. The van der Waals surface area contributed by atoms with Gasteiger partial charge in [0.2, 0.25) is 0 Å². The SMILES string of the molecule is CCCCC(C)CC.Cc1cc2c(C)nnc(C)c2cc1F. The molecule has 1 aromatic carbocycles. The van der Waals surface area contributed by atoms with E-state index in [1.807, 2.05) is 19.9 Å². The molecule has 122 valence electrons. The van der Waals surface area contributed by atoms with Gasteiger partial charge in [-0.1, -0.05) is 46.5 Å². The number of benzene rings is 1. The largest absolute Gasteiger partial charge is 0.207 e. The van der Waals surface area contributed by atoms with Crippen molar-refractivity contribution in [2.75, 3.05) is 0 Å². The summed E-state index contributed by atoms with van der Waals surface area (Å²) in [5.74, 6) is 0.767. The first-order chi connectivity index (χ1) is 10.4. The minimum absolute atomic E-state index is 0.187. The minimum atomic E-state index is -0.187. The molecule has 0 fully saturated rings. The second kappa shape index (κ2) is 8.82. The van der Waals surface area contributed by atoms with Crippen molar-refractivity contribution < 1.29 is 4.39 Å². The first kappa shape index (κ1) is 18.5. The summed E-state index contributed by atoms with van der Waals surface area (Å²) in [6, 6.07) is 3.35. The van der Waals surface area contributed by atoms with E-state index in [-0.39, 0.29) is 5.82 Å². The summed E-state index contributed by atoms with van der Waals surface area (Å²) < 4.78 is 13.3. The molecule has 0 spiro atoms. The van der Waals surface area contributed by atoms with Gasteiger partial charge in [0.1, 0.15) is 5.82 Å². The molecular weight excluding hydrogens is 275 g/mol. The Balaban J connectivity index is 0.000000261. The van der Waals surface area contributed by atoms with Crippen molar-refractivity contribution in [1.29, 1.82) is 0 Å². The van der Waals surface area contributed by atoms with E-state index in [1.54, 1.807) is 6.92 Å². The molecular formula is C19H29FN2. The van der Waals surface area contributed by atoms with Crippen molar-refractivity contribution in [2.24, 2.45) is 5.92 Å². The van der Waals surface area contributed by atoms with E-state index in [0.29, 0.717) is 5.56 Å². The smallest absolute Gasteiger partial charge is 0.126 e. The molecule has 1 aromatic heterocycles. The van der Waals surface area contributed by atoms with Gasteiger partial charge in [0.05, 0.1) is 11.4 Å². The quantitative estimate of drug-likeness (QED) is 0.701. The van der Waals surface area contributed by atoms with E-state index in [4.69, 9.17) is 0 Å². The lowest BCUT2D eigenvalue weighted by Gasteiger charge is -2.05. The van der Waals surface area contributed by atoms with Gasteiger partial charge in [-0.3, -0.25) is 0 Å². The van der Waals surface area contributed by atoms with E-state index in [9.17, 15) is 4.39 Å². The van der Waals surface area contributed by atoms with E-state index in [1.165, 1.54) is 31.7 Å². The van der Waals surface area contributed by atoms with Crippen LogP contribution >= 0.6 is 0 Å². The fourth-order valence-corrected chi connectivity index (χ4v) is 2.29. The summed E-state index contributed by atoms with van der Waals surface area (Å²) in [6.45, 7) is 12.3. The number of halogens is 1. The Morgan fingerprint density at radius 2 is 1.55 bits per heavy atom. The van der Waals surface area contributed by atoms with Crippen LogP contribution in [0.15, 0.2) is 12.1 Å². The monoisotopic (exact) mass is 304 g/mol. The van der Waals surface area contributed by atoms with Crippen LogP contribution in [-0.4, -0.2) is 10.2 Å². The highest BCUT2D eigenvalue weighted by Crippen LogP contribution is 2.22. The summed E-state index contributed by atoms with van der Waals surface area (Å²) in [5.41, 5.74) is 2.26. The van der Waals surface area contributed by atoms with Crippen LogP contribution in [0.25, 0.3) is 10.8 Å². The summed E-state index contributed by atoms with van der Waals surface area (Å²) in [5, 5.41) is 9.80. The van der Waals surface area contributed by atoms with Gasteiger partial charge in [0.25, 0.3) is 0 Å². The normalized spacial score (nSPS) is 12.0. The predicted octanol–water partition coefficient (Wildman–Crippen LogP) is 5.92. The van der Waals surface area contributed by atoms with Crippen LogP contribution in [0.2, 0.25) is 0 Å². The topological polar surface area (TPSA) is 25.8 Å². The van der Waals surface area contributed by atoms with Crippen LogP contribution in [-0.2, 0) is 0 Å². The summed E-state index contributed by atoms with van der Waals surface area (Å²) in [6.07, 6.45) is 5.53. The molecule has 22 heavy (non-hydrogen) atoms.